The van der Waals surface area contributed by atoms with E-state index in [1.165, 1.54) is 23.5 Å². The Labute approximate surface area is 175 Å². The van der Waals surface area contributed by atoms with Crippen molar-refractivity contribution in [1.82, 2.24) is 20.4 Å². The molecule has 1 aromatic heterocycles. The van der Waals surface area contributed by atoms with Crippen LogP contribution in [0.2, 0.25) is 10.0 Å². The molecule has 1 atom stereocenters. The minimum atomic E-state index is -0.593. The summed E-state index contributed by atoms with van der Waals surface area (Å²) in [5, 5.41) is 13.7. The van der Waals surface area contributed by atoms with Gasteiger partial charge in [-0.05, 0) is 37.5 Å². The second kappa shape index (κ2) is 9.02. The first kappa shape index (κ1) is 20.8. The van der Waals surface area contributed by atoms with Crippen molar-refractivity contribution in [3.05, 3.63) is 39.1 Å². The molecule has 0 saturated carbocycles. The van der Waals surface area contributed by atoms with Crippen molar-refractivity contribution in [2.75, 3.05) is 18.4 Å². The number of benzene rings is 1. The summed E-state index contributed by atoms with van der Waals surface area (Å²) >= 11 is 13.1. The average Bonchev–Trinajstić information content (AvgIpc) is 3.17. The Hall–Kier alpha value is -1.97. The normalized spacial score (nSPS) is 15.9. The molecule has 11 heteroatoms. The number of urea groups is 1. The number of hydrogen-bond acceptors (Lipinski definition) is 5. The Kier molecular flexibility index (Phi) is 6.69. The van der Waals surface area contributed by atoms with Gasteiger partial charge in [0.05, 0.1) is 11.1 Å². The summed E-state index contributed by atoms with van der Waals surface area (Å²) in [5.74, 6) is -0.900. The molecule has 0 aliphatic carbocycles. The molecule has 1 saturated heterocycles. The summed E-state index contributed by atoms with van der Waals surface area (Å²) in [5.41, 5.74) is 1.99. The molecular weight excluding hydrogens is 428 g/mol. The maximum absolute atomic E-state index is 13.7. The van der Waals surface area contributed by atoms with Gasteiger partial charge in [-0.15, -0.1) is 10.2 Å². The van der Waals surface area contributed by atoms with E-state index in [4.69, 9.17) is 23.2 Å². The Morgan fingerprint density at radius 1 is 1.29 bits per heavy atom. The van der Waals surface area contributed by atoms with Crippen LogP contribution in [0.3, 0.4) is 0 Å². The summed E-state index contributed by atoms with van der Waals surface area (Å²) in [6.45, 7) is 2.60. The highest BCUT2D eigenvalue weighted by Gasteiger charge is 2.28. The van der Waals surface area contributed by atoms with Crippen LogP contribution < -0.4 is 10.6 Å². The molecule has 0 radical (unpaired) electrons. The van der Waals surface area contributed by atoms with Crippen LogP contribution in [0.1, 0.15) is 31.4 Å². The number of rotatable bonds is 4. The number of hydrogen-bond donors (Lipinski definition) is 2. The number of aromatic nitrogens is 2. The highest BCUT2D eigenvalue weighted by atomic mass is 35.5. The van der Waals surface area contributed by atoms with Crippen molar-refractivity contribution in [2.24, 2.45) is 5.92 Å². The summed E-state index contributed by atoms with van der Waals surface area (Å²) in [6, 6.07) is 1.75. The molecule has 1 fully saturated rings. The van der Waals surface area contributed by atoms with Gasteiger partial charge in [-0.3, -0.25) is 4.79 Å². The van der Waals surface area contributed by atoms with Crippen LogP contribution in [0.4, 0.5) is 14.3 Å². The van der Waals surface area contributed by atoms with Gasteiger partial charge in [0.15, 0.2) is 0 Å². The number of likely N-dealkylation sites (tertiary alicyclic amines) is 1. The SMILES string of the molecule is CC(NC(=O)N1CCC(C(=O)Nc2nncs2)CC1)c1cc(F)c(Cl)cc1Cl. The molecule has 28 heavy (non-hydrogen) atoms. The first-order valence-corrected chi connectivity index (χ1v) is 10.3. The van der Waals surface area contributed by atoms with E-state index in [1.54, 1.807) is 17.3 Å². The van der Waals surface area contributed by atoms with Crippen molar-refractivity contribution in [2.45, 2.75) is 25.8 Å². The average molecular weight is 446 g/mol. The Balaban J connectivity index is 1.52. The number of amides is 3. The second-order valence-electron chi connectivity index (χ2n) is 6.45. The lowest BCUT2D eigenvalue weighted by molar-refractivity contribution is -0.121. The van der Waals surface area contributed by atoms with E-state index in [9.17, 15) is 14.0 Å². The largest absolute Gasteiger partial charge is 0.331 e. The third-order valence-electron chi connectivity index (χ3n) is 4.59. The maximum atomic E-state index is 13.7. The van der Waals surface area contributed by atoms with Crippen LogP contribution in [-0.4, -0.2) is 40.1 Å². The van der Waals surface area contributed by atoms with E-state index in [0.29, 0.717) is 36.6 Å². The van der Waals surface area contributed by atoms with Gasteiger partial charge in [-0.2, -0.15) is 0 Å². The zero-order chi connectivity index (χ0) is 20.3. The topological polar surface area (TPSA) is 87.2 Å². The third-order valence-corrected chi connectivity index (χ3v) is 5.81. The van der Waals surface area contributed by atoms with Crippen LogP contribution in [-0.2, 0) is 4.79 Å². The van der Waals surface area contributed by atoms with Crippen LogP contribution in [0.5, 0.6) is 0 Å². The van der Waals surface area contributed by atoms with Crippen molar-refractivity contribution >= 4 is 51.6 Å². The number of halogens is 3. The third kappa shape index (κ3) is 4.89. The van der Waals surface area contributed by atoms with Crippen molar-refractivity contribution in [3.8, 4) is 0 Å². The minimum Gasteiger partial charge on any atom is -0.331 e. The van der Waals surface area contributed by atoms with Crippen LogP contribution in [0, 0.1) is 11.7 Å². The molecule has 1 aliphatic heterocycles. The molecule has 2 N–H and O–H groups in total. The fourth-order valence-electron chi connectivity index (χ4n) is 3.00. The standard InChI is InChI=1S/C17H18Cl2FN5O2S/c1-9(11-6-14(20)13(19)7-12(11)18)22-17(27)25-4-2-10(3-5-25)15(26)23-16-24-21-8-28-16/h6-10H,2-5H2,1H3,(H,22,27)(H,23,24,26). The lowest BCUT2D eigenvalue weighted by atomic mass is 9.96. The van der Waals surface area contributed by atoms with Gasteiger partial charge >= 0.3 is 6.03 Å². The molecule has 2 heterocycles. The molecule has 0 bridgehead atoms. The predicted octanol–water partition coefficient (Wildman–Crippen LogP) is 4.11. The van der Waals surface area contributed by atoms with Gasteiger partial charge in [0.2, 0.25) is 11.0 Å². The number of carbonyl (C=O) groups excluding carboxylic acids is 2. The van der Waals surface area contributed by atoms with Gasteiger partial charge in [-0.1, -0.05) is 34.5 Å². The summed E-state index contributed by atoms with van der Waals surface area (Å²) in [4.78, 5) is 26.4. The first-order valence-electron chi connectivity index (χ1n) is 8.62. The van der Waals surface area contributed by atoms with Crippen LogP contribution in [0.15, 0.2) is 17.6 Å². The van der Waals surface area contributed by atoms with E-state index in [2.05, 4.69) is 20.8 Å². The van der Waals surface area contributed by atoms with Gasteiger partial charge in [0, 0.05) is 24.0 Å². The zero-order valence-electron chi connectivity index (χ0n) is 14.9. The fourth-order valence-corrected chi connectivity index (χ4v) is 4.00. The predicted molar refractivity (Wildman–Crippen MR) is 106 cm³/mol. The molecule has 1 aromatic carbocycles. The summed E-state index contributed by atoms with van der Waals surface area (Å²) in [6.07, 6.45) is 1.09. The highest BCUT2D eigenvalue weighted by Crippen LogP contribution is 2.29. The van der Waals surface area contributed by atoms with Gasteiger partial charge < -0.3 is 15.5 Å². The number of nitrogens with one attached hydrogen (secondary N) is 2. The smallest absolute Gasteiger partial charge is 0.317 e. The van der Waals surface area contributed by atoms with Gasteiger partial charge in [0.25, 0.3) is 0 Å². The van der Waals surface area contributed by atoms with E-state index < -0.39 is 11.9 Å². The molecule has 3 amide bonds. The lowest BCUT2D eigenvalue weighted by Gasteiger charge is -2.32. The summed E-state index contributed by atoms with van der Waals surface area (Å²) in [7, 11) is 0. The van der Waals surface area contributed by atoms with Crippen LogP contribution >= 0.6 is 34.5 Å². The van der Waals surface area contributed by atoms with E-state index in [0.717, 1.165) is 0 Å². The minimum absolute atomic E-state index is 0.0684. The highest BCUT2D eigenvalue weighted by molar-refractivity contribution is 7.13. The number of nitrogens with zero attached hydrogens (tertiary/aromatic N) is 3. The molecule has 1 aliphatic rings. The van der Waals surface area contributed by atoms with Gasteiger partial charge in [0.1, 0.15) is 11.3 Å². The Morgan fingerprint density at radius 2 is 2.00 bits per heavy atom. The van der Waals surface area contributed by atoms with Crippen molar-refractivity contribution in [1.29, 1.82) is 0 Å². The Bertz CT molecular complexity index is 859. The Morgan fingerprint density at radius 3 is 2.64 bits per heavy atom. The van der Waals surface area contributed by atoms with Crippen molar-refractivity contribution < 1.29 is 14.0 Å². The molecular formula is C17H18Cl2FN5O2S. The zero-order valence-corrected chi connectivity index (χ0v) is 17.2. The lowest BCUT2D eigenvalue weighted by Crippen LogP contribution is -2.46. The van der Waals surface area contributed by atoms with Crippen molar-refractivity contribution in [3.63, 3.8) is 0 Å². The number of carbonyl (C=O) groups is 2. The van der Waals surface area contributed by atoms with E-state index >= 15 is 0 Å². The fraction of sp³-hybridized carbons (Fsp3) is 0.412. The maximum Gasteiger partial charge on any atom is 0.317 e. The number of anilines is 1. The molecule has 0 spiro atoms. The molecule has 150 valence electrons. The van der Waals surface area contributed by atoms with E-state index in [1.807, 2.05) is 0 Å². The first-order chi connectivity index (χ1) is 13.3. The molecule has 7 nitrogen and oxygen atoms in total. The quantitative estimate of drug-likeness (QED) is 0.693. The molecule has 3 rings (SSSR count). The van der Waals surface area contributed by atoms with E-state index in [-0.39, 0.29) is 27.9 Å². The molecule has 2 aromatic rings. The number of piperidine rings is 1. The monoisotopic (exact) mass is 445 g/mol. The summed E-state index contributed by atoms with van der Waals surface area (Å²) < 4.78 is 13.7. The second-order valence-corrected chi connectivity index (χ2v) is 8.10. The van der Waals surface area contributed by atoms with Crippen LogP contribution in [0.25, 0.3) is 0 Å². The molecule has 1 unspecified atom stereocenters. The van der Waals surface area contributed by atoms with Gasteiger partial charge in [-0.25, -0.2) is 9.18 Å².